The summed E-state index contributed by atoms with van der Waals surface area (Å²) < 4.78 is 4.77. The first-order valence-corrected chi connectivity index (χ1v) is 7.30. The lowest BCUT2D eigenvalue weighted by molar-refractivity contribution is -0.145. The molecule has 0 saturated carbocycles. The summed E-state index contributed by atoms with van der Waals surface area (Å²) in [5.74, 6) is -0.485. The fourth-order valence-electron chi connectivity index (χ4n) is 3.90. The molecule has 0 bridgehead atoms. The molecule has 0 radical (unpaired) electrons. The number of nitrogens with one attached hydrogen (secondary N) is 1. The van der Waals surface area contributed by atoms with E-state index in [4.69, 9.17) is 4.74 Å². The van der Waals surface area contributed by atoms with Crippen LogP contribution in [0, 0.1) is 5.92 Å². The lowest BCUT2D eigenvalue weighted by Gasteiger charge is -2.49. The summed E-state index contributed by atoms with van der Waals surface area (Å²) >= 11 is 0. The molecule has 0 spiro atoms. The van der Waals surface area contributed by atoms with Crippen LogP contribution in [0.5, 0.6) is 0 Å². The van der Waals surface area contributed by atoms with Crippen molar-refractivity contribution in [3.05, 3.63) is 0 Å². The fourth-order valence-corrected chi connectivity index (χ4v) is 3.90. The zero-order valence-electron chi connectivity index (χ0n) is 13.2. The van der Waals surface area contributed by atoms with Gasteiger partial charge in [-0.25, -0.2) is 0 Å². The predicted octanol–water partition coefficient (Wildman–Crippen LogP) is 1.32. The number of carbonyl (C=O) groups is 2. The molecule has 114 valence electrons. The third-order valence-electron chi connectivity index (χ3n) is 4.30. The SMILES string of the molecule is COC(=O)C1CC(=O)N(C2CC(C)(C)NC(C)(C)C2)C1. The van der Waals surface area contributed by atoms with Crippen LogP contribution in [0.1, 0.15) is 47.0 Å². The van der Waals surface area contributed by atoms with Crippen LogP contribution in [0.2, 0.25) is 0 Å². The molecule has 0 aromatic rings. The molecule has 2 rings (SSSR count). The van der Waals surface area contributed by atoms with Gasteiger partial charge in [0, 0.05) is 30.1 Å². The van der Waals surface area contributed by atoms with Crippen molar-refractivity contribution in [1.82, 2.24) is 10.2 Å². The number of ether oxygens (including phenoxy) is 1. The minimum atomic E-state index is -0.298. The number of esters is 1. The molecule has 1 unspecified atom stereocenters. The van der Waals surface area contributed by atoms with E-state index in [9.17, 15) is 9.59 Å². The summed E-state index contributed by atoms with van der Waals surface area (Å²) in [4.78, 5) is 25.7. The van der Waals surface area contributed by atoms with Crippen LogP contribution >= 0.6 is 0 Å². The van der Waals surface area contributed by atoms with E-state index in [1.165, 1.54) is 7.11 Å². The van der Waals surface area contributed by atoms with E-state index in [1.54, 1.807) is 0 Å². The smallest absolute Gasteiger partial charge is 0.310 e. The molecule has 2 aliphatic rings. The topological polar surface area (TPSA) is 58.6 Å². The predicted molar refractivity (Wildman–Crippen MR) is 76.2 cm³/mol. The Hall–Kier alpha value is -1.10. The molecule has 2 saturated heterocycles. The molecule has 20 heavy (non-hydrogen) atoms. The van der Waals surface area contributed by atoms with Gasteiger partial charge in [-0.05, 0) is 40.5 Å². The Labute approximate surface area is 121 Å². The summed E-state index contributed by atoms with van der Waals surface area (Å²) in [7, 11) is 1.38. The Morgan fingerprint density at radius 1 is 1.25 bits per heavy atom. The minimum Gasteiger partial charge on any atom is -0.469 e. The first-order valence-electron chi connectivity index (χ1n) is 7.30. The highest BCUT2D eigenvalue weighted by Crippen LogP contribution is 2.34. The van der Waals surface area contributed by atoms with Gasteiger partial charge < -0.3 is 15.0 Å². The van der Waals surface area contributed by atoms with Crippen molar-refractivity contribution in [2.75, 3.05) is 13.7 Å². The van der Waals surface area contributed by atoms with Gasteiger partial charge in [0.2, 0.25) is 5.91 Å². The summed E-state index contributed by atoms with van der Waals surface area (Å²) in [5, 5.41) is 3.62. The number of hydrogen-bond donors (Lipinski definition) is 1. The Morgan fingerprint density at radius 2 is 1.80 bits per heavy atom. The summed E-state index contributed by atoms with van der Waals surface area (Å²) in [5.41, 5.74) is -0.00784. The van der Waals surface area contributed by atoms with Crippen molar-refractivity contribution in [2.45, 2.75) is 64.1 Å². The lowest BCUT2D eigenvalue weighted by atomic mass is 9.79. The van der Waals surface area contributed by atoms with Gasteiger partial charge in [-0.2, -0.15) is 0 Å². The second kappa shape index (κ2) is 5.02. The van der Waals surface area contributed by atoms with Gasteiger partial charge in [-0.15, -0.1) is 0 Å². The van der Waals surface area contributed by atoms with Gasteiger partial charge in [0.15, 0.2) is 0 Å². The summed E-state index contributed by atoms with van der Waals surface area (Å²) in [6.07, 6.45) is 2.11. The number of methoxy groups -OCH3 is 1. The van der Waals surface area contributed by atoms with Crippen molar-refractivity contribution < 1.29 is 14.3 Å². The van der Waals surface area contributed by atoms with Crippen LogP contribution in [0.3, 0.4) is 0 Å². The van der Waals surface area contributed by atoms with Gasteiger partial charge in [-0.3, -0.25) is 9.59 Å². The number of likely N-dealkylation sites (tertiary alicyclic amines) is 1. The van der Waals surface area contributed by atoms with E-state index >= 15 is 0 Å². The fraction of sp³-hybridized carbons (Fsp3) is 0.867. The first-order chi connectivity index (χ1) is 9.13. The zero-order chi connectivity index (χ0) is 15.1. The van der Waals surface area contributed by atoms with Crippen molar-refractivity contribution >= 4 is 11.9 Å². The molecule has 2 heterocycles. The molecular weight excluding hydrogens is 256 g/mol. The quantitative estimate of drug-likeness (QED) is 0.776. The largest absolute Gasteiger partial charge is 0.469 e. The van der Waals surface area contributed by atoms with Gasteiger partial charge in [0.05, 0.1) is 13.0 Å². The molecule has 5 nitrogen and oxygen atoms in total. The van der Waals surface area contributed by atoms with Crippen molar-refractivity contribution in [1.29, 1.82) is 0 Å². The molecule has 2 aliphatic heterocycles. The van der Waals surface area contributed by atoms with Crippen molar-refractivity contribution in [3.63, 3.8) is 0 Å². The molecule has 2 fully saturated rings. The van der Waals surface area contributed by atoms with Crippen LogP contribution < -0.4 is 5.32 Å². The lowest BCUT2D eigenvalue weighted by Crippen LogP contribution is -2.62. The number of carbonyl (C=O) groups excluding carboxylic acids is 2. The second-order valence-corrected chi connectivity index (χ2v) is 7.43. The maximum atomic E-state index is 12.2. The van der Waals surface area contributed by atoms with Gasteiger partial charge >= 0.3 is 5.97 Å². The van der Waals surface area contributed by atoms with Crippen LogP contribution in [0.25, 0.3) is 0 Å². The molecule has 5 heteroatoms. The van der Waals surface area contributed by atoms with E-state index in [0.29, 0.717) is 6.54 Å². The molecule has 0 aliphatic carbocycles. The monoisotopic (exact) mass is 282 g/mol. The number of piperidine rings is 1. The normalized spacial score (nSPS) is 29.6. The summed E-state index contributed by atoms with van der Waals surface area (Å²) in [6, 6.07) is 0.198. The maximum Gasteiger partial charge on any atom is 0.310 e. The Balaban J connectivity index is 2.11. The highest BCUT2D eigenvalue weighted by Gasteiger charge is 2.45. The minimum absolute atomic E-state index is 0.00392. The zero-order valence-corrected chi connectivity index (χ0v) is 13.2. The van der Waals surface area contributed by atoms with E-state index in [0.717, 1.165) is 12.8 Å². The number of nitrogens with zero attached hydrogens (tertiary/aromatic N) is 1. The van der Waals surface area contributed by atoms with Gasteiger partial charge in [0.1, 0.15) is 0 Å². The van der Waals surface area contributed by atoms with Gasteiger partial charge in [0.25, 0.3) is 0 Å². The van der Waals surface area contributed by atoms with E-state index in [2.05, 4.69) is 33.0 Å². The average Bonchev–Trinajstić information content (AvgIpc) is 2.66. The van der Waals surface area contributed by atoms with Gasteiger partial charge in [-0.1, -0.05) is 0 Å². The highest BCUT2D eigenvalue weighted by molar-refractivity contribution is 5.87. The summed E-state index contributed by atoms with van der Waals surface area (Å²) in [6.45, 7) is 9.17. The maximum absolute atomic E-state index is 12.2. The van der Waals surface area contributed by atoms with Crippen LogP contribution in [0.4, 0.5) is 0 Å². The van der Waals surface area contributed by atoms with E-state index < -0.39 is 0 Å². The number of rotatable bonds is 2. The average molecular weight is 282 g/mol. The van der Waals surface area contributed by atoms with Crippen LogP contribution in [-0.2, 0) is 14.3 Å². The third-order valence-corrected chi connectivity index (χ3v) is 4.30. The molecule has 1 amide bonds. The van der Waals surface area contributed by atoms with E-state index in [-0.39, 0.29) is 41.3 Å². The number of hydrogen-bond acceptors (Lipinski definition) is 4. The second-order valence-electron chi connectivity index (χ2n) is 7.43. The highest BCUT2D eigenvalue weighted by atomic mass is 16.5. The standard InChI is InChI=1S/C15H26N2O3/c1-14(2)7-11(8-15(3,4)16-14)17-9-10(6-12(17)18)13(19)20-5/h10-11,16H,6-9H2,1-5H3. The molecule has 1 N–H and O–H groups in total. The molecule has 1 atom stereocenters. The Kier molecular flexibility index (Phi) is 3.84. The molecule has 0 aromatic carbocycles. The molecule has 0 aromatic heterocycles. The molecular formula is C15H26N2O3. The number of amides is 1. The first kappa shape index (κ1) is 15.3. The van der Waals surface area contributed by atoms with Crippen LogP contribution in [0.15, 0.2) is 0 Å². The third kappa shape index (κ3) is 3.14. The Bertz CT molecular complexity index is 401. The van der Waals surface area contributed by atoms with E-state index in [1.807, 2.05) is 4.90 Å². The van der Waals surface area contributed by atoms with Crippen LogP contribution in [-0.4, -0.2) is 47.6 Å². The van der Waals surface area contributed by atoms with Crippen molar-refractivity contribution in [3.8, 4) is 0 Å². The van der Waals surface area contributed by atoms with Crippen molar-refractivity contribution in [2.24, 2.45) is 5.92 Å². The Morgan fingerprint density at radius 3 is 2.30 bits per heavy atom.